The molecule has 1 heterocycles. The third kappa shape index (κ3) is 2.68. The van der Waals surface area contributed by atoms with Gasteiger partial charge in [0.05, 0.1) is 7.11 Å². The van der Waals surface area contributed by atoms with Crippen LogP contribution >= 0.6 is 0 Å². The number of benzene rings is 1. The molecule has 2 rings (SSSR count). The van der Waals surface area contributed by atoms with Crippen molar-refractivity contribution in [2.24, 2.45) is 5.73 Å². The minimum absolute atomic E-state index is 0.322. The highest BCUT2D eigenvalue weighted by atomic mass is 16.5. The molecular weight excluding hydrogens is 224 g/mol. The van der Waals surface area contributed by atoms with E-state index in [0.29, 0.717) is 12.1 Å². The smallest absolute Gasteiger partial charge is 0.123 e. The summed E-state index contributed by atoms with van der Waals surface area (Å²) < 4.78 is 5.31. The van der Waals surface area contributed by atoms with Crippen LogP contribution in [0.15, 0.2) is 18.2 Å². The van der Waals surface area contributed by atoms with Crippen LogP contribution in [-0.2, 0) is 13.1 Å². The van der Waals surface area contributed by atoms with Crippen molar-refractivity contribution in [2.75, 3.05) is 13.7 Å². The summed E-state index contributed by atoms with van der Waals surface area (Å²) in [5, 5.41) is 0. The summed E-state index contributed by atoms with van der Waals surface area (Å²) in [4.78, 5) is 2.55. The van der Waals surface area contributed by atoms with Crippen molar-refractivity contribution in [3.63, 3.8) is 0 Å². The summed E-state index contributed by atoms with van der Waals surface area (Å²) in [5.74, 6) is 0.891. The Hall–Kier alpha value is -1.06. The molecule has 0 amide bonds. The third-order valence-corrected chi connectivity index (χ3v) is 4.01. The van der Waals surface area contributed by atoms with Gasteiger partial charge in [0.2, 0.25) is 0 Å². The Morgan fingerprint density at radius 3 is 2.72 bits per heavy atom. The van der Waals surface area contributed by atoms with E-state index >= 15 is 0 Å². The zero-order valence-electron chi connectivity index (χ0n) is 11.7. The lowest BCUT2D eigenvalue weighted by Crippen LogP contribution is -2.37. The zero-order valence-corrected chi connectivity index (χ0v) is 11.7. The zero-order chi connectivity index (χ0) is 13.2. The third-order valence-electron chi connectivity index (χ3n) is 4.01. The molecule has 0 aromatic heterocycles. The molecule has 0 radical (unpaired) electrons. The molecule has 1 aliphatic rings. The van der Waals surface area contributed by atoms with Gasteiger partial charge in [0.15, 0.2) is 0 Å². The largest absolute Gasteiger partial charge is 0.496 e. The Morgan fingerprint density at radius 1 is 1.39 bits per heavy atom. The van der Waals surface area contributed by atoms with Gasteiger partial charge in [-0.05, 0) is 50.9 Å². The maximum Gasteiger partial charge on any atom is 0.123 e. The minimum Gasteiger partial charge on any atom is -0.496 e. The van der Waals surface area contributed by atoms with Crippen molar-refractivity contribution in [1.82, 2.24) is 4.90 Å². The predicted molar refractivity (Wildman–Crippen MR) is 74.6 cm³/mol. The van der Waals surface area contributed by atoms with E-state index in [2.05, 4.69) is 30.9 Å². The Labute approximate surface area is 110 Å². The lowest BCUT2D eigenvalue weighted by Gasteiger charge is -2.31. The van der Waals surface area contributed by atoms with E-state index in [1.165, 1.54) is 24.9 Å². The highest BCUT2D eigenvalue weighted by Crippen LogP contribution is 2.30. The first-order valence-electron chi connectivity index (χ1n) is 6.68. The van der Waals surface area contributed by atoms with E-state index in [4.69, 9.17) is 10.5 Å². The van der Waals surface area contributed by atoms with Crippen molar-refractivity contribution in [3.8, 4) is 5.75 Å². The molecule has 1 aromatic carbocycles. The molecule has 3 heteroatoms. The van der Waals surface area contributed by atoms with E-state index in [1.807, 2.05) is 6.07 Å². The molecule has 2 N–H and O–H groups in total. The molecule has 0 saturated carbocycles. The number of rotatable bonds is 4. The first kappa shape index (κ1) is 13.4. The van der Waals surface area contributed by atoms with E-state index in [0.717, 1.165) is 17.9 Å². The monoisotopic (exact) mass is 248 g/mol. The number of hydrogen-bond donors (Lipinski definition) is 1. The quantitative estimate of drug-likeness (QED) is 0.890. The average molecular weight is 248 g/mol. The number of methoxy groups -OCH3 is 1. The van der Waals surface area contributed by atoms with E-state index in [1.54, 1.807) is 7.11 Å². The number of likely N-dealkylation sites (tertiary alicyclic amines) is 1. The second-order valence-electron chi connectivity index (χ2n) is 5.69. The van der Waals surface area contributed by atoms with Crippen LogP contribution in [0.2, 0.25) is 0 Å². The van der Waals surface area contributed by atoms with Crippen LogP contribution in [0.1, 0.15) is 37.8 Å². The van der Waals surface area contributed by atoms with E-state index in [9.17, 15) is 0 Å². The van der Waals surface area contributed by atoms with Gasteiger partial charge in [-0.25, -0.2) is 0 Å². The SMILES string of the molecule is COc1ccc(CN2CCCC2(C)C)cc1CN. The van der Waals surface area contributed by atoms with Crippen molar-refractivity contribution in [3.05, 3.63) is 29.3 Å². The summed E-state index contributed by atoms with van der Waals surface area (Å²) in [6, 6.07) is 6.35. The standard InChI is InChI=1S/C15H24N2O/c1-15(2)7-4-8-17(15)11-12-5-6-14(18-3)13(9-12)10-16/h5-6,9H,4,7-8,10-11,16H2,1-3H3. The van der Waals surface area contributed by atoms with Crippen molar-refractivity contribution < 1.29 is 4.74 Å². The number of nitrogens with two attached hydrogens (primary N) is 1. The Kier molecular flexibility index (Phi) is 3.93. The van der Waals surface area contributed by atoms with Crippen LogP contribution in [0.25, 0.3) is 0 Å². The topological polar surface area (TPSA) is 38.5 Å². The number of hydrogen-bond acceptors (Lipinski definition) is 3. The molecule has 1 aromatic rings. The fraction of sp³-hybridized carbons (Fsp3) is 0.600. The second kappa shape index (κ2) is 5.29. The van der Waals surface area contributed by atoms with Crippen molar-refractivity contribution in [1.29, 1.82) is 0 Å². The maximum absolute atomic E-state index is 5.76. The van der Waals surface area contributed by atoms with Crippen LogP contribution in [0.5, 0.6) is 5.75 Å². The molecule has 0 unspecified atom stereocenters. The summed E-state index contributed by atoms with van der Waals surface area (Å²) in [5.41, 5.74) is 8.50. The van der Waals surface area contributed by atoms with Crippen LogP contribution in [0, 0.1) is 0 Å². The van der Waals surface area contributed by atoms with Gasteiger partial charge in [-0.2, -0.15) is 0 Å². The Bertz CT molecular complexity index is 415. The lowest BCUT2D eigenvalue weighted by atomic mass is 10.0. The minimum atomic E-state index is 0.322. The summed E-state index contributed by atoms with van der Waals surface area (Å²) in [7, 11) is 1.69. The molecule has 18 heavy (non-hydrogen) atoms. The highest BCUT2D eigenvalue weighted by molar-refractivity contribution is 5.37. The average Bonchev–Trinajstić information content (AvgIpc) is 2.68. The number of ether oxygens (including phenoxy) is 1. The van der Waals surface area contributed by atoms with Crippen molar-refractivity contribution >= 4 is 0 Å². The molecule has 1 aliphatic heterocycles. The van der Waals surface area contributed by atoms with Crippen LogP contribution < -0.4 is 10.5 Å². The van der Waals surface area contributed by atoms with Crippen LogP contribution in [0.3, 0.4) is 0 Å². The number of nitrogens with zero attached hydrogens (tertiary/aromatic N) is 1. The van der Waals surface area contributed by atoms with Crippen LogP contribution in [0.4, 0.5) is 0 Å². The molecule has 0 aliphatic carbocycles. The molecule has 0 spiro atoms. The highest BCUT2D eigenvalue weighted by Gasteiger charge is 2.31. The van der Waals surface area contributed by atoms with Gasteiger partial charge in [-0.1, -0.05) is 6.07 Å². The molecular formula is C15H24N2O. The van der Waals surface area contributed by atoms with Gasteiger partial charge in [0.1, 0.15) is 5.75 Å². The first-order chi connectivity index (χ1) is 8.56. The van der Waals surface area contributed by atoms with Gasteiger partial charge in [0.25, 0.3) is 0 Å². The van der Waals surface area contributed by atoms with Gasteiger partial charge in [0, 0.05) is 24.2 Å². The fourth-order valence-electron chi connectivity index (χ4n) is 2.77. The fourth-order valence-corrected chi connectivity index (χ4v) is 2.77. The van der Waals surface area contributed by atoms with E-state index < -0.39 is 0 Å². The summed E-state index contributed by atoms with van der Waals surface area (Å²) in [6.45, 7) is 7.38. The Morgan fingerprint density at radius 2 is 2.17 bits per heavy atom. The molecule has 1 fully saturated rings. The molecule has 0 bridgehead atoms. The normalized spacial score (nSPS) is 19.1. The van der Waals surface area contributed by atoms with E-state index in [-0.39, 0.29) is 0 Å². The molecule has 3 nitrogen and oxygen atoms in total. The molecule has 1 saturated heterocycles. The van der Waals surface area contributed by atoms with Gasteiger partial charge in [-0.15, -0.1) is 0 Å². The molecule has 100 valence electrons. The maximum atomic E-state index is 5.76. The van der Waals surface area contributed by atoms with Gasteiger partial charge in [-0.3, -0.25) is 4.90 Å². The predicted octanol–water partition coefficient (Wildman–Crippen LogP) is 2.53. The van der Waals surface area contributed by atoms with Crippen LogP contribution in [-0.4, -0.2) is 24.1 Å². The van der Waals surface area contributed by atoms with Gasteiger partial charge < -0.3 is 10.5 Å². The Balaban J connectivity index is 2.15. The lowest BCUT2D eigenvalue weighted by molar-refractivity contribution is 0.166. The van der Waals surface area contributed by atoms with Crippen molar-refractivity contribution in [2.45, 2.75) is 45.3 Å². The summed E-state index contributed by atoms with van der Waals surface area (Å²) in [6.07, 6.45) is 2.58. The first-order valence-corrected chi connectivity index (χ1v) is 6.68. The second-order valence-corrected chi connectivity index (χ2v) is 5.69. The summed E-state index contributed by atoms with van der Waals surface area (Å²) >= 11 is 0. The molecule has 0 atom stereocenters. The van der Waals surface area contributed by atoms with Gasteiger partial charge >= 0.3 is 0 Å².